The third-order valence-electron chi connectivity index (χ3n) is 3.08. The number of β-amino-alcohol motifs (C(OH)–C–C–N with tert-alkyl or cyclic N) is 1. The molecule has 2 rings (SSSR count). The number of likely N-dealkylation sites (tertiary alicyclic amines) is 1. The molecule has 1 fully saturated rings. The summed E-state index contributed by atoms with van der Waals surface area (Å²) in [6.45, 7) is 3.96. The zero-order chi connectivity index (χ0) is 14.4. The number of nitrogens with zero attached hydrogens (tertiary/aromatic N) is 2. The lowest BCUT2D eigenvalue weighted by Crippen LogP contribution is -2.35. The van der Waals surface area contributed by atoms with E-state index in [-0.39, 0.29) is 19.2 Å². The minimum Gasteiger partial charge on any atom is -0.445 e. The Morgan fingerprint density at radius 3 is 3.20 bits per heavy atom. The van der Waals surface area contributed by atoms with Crippen LogP contribution >= 0.6 is 0 Å². The van der Waals surface area contributed by atoms with Gasteiger partial charge >= 0.3 is 6.09 Å². The van der Waals surface area contributed by atoms with E-state index in [9.17, 15) is 9.90 Å². The molecule has 1 aromatic rings. The molecule has 2 heterocycles. The molecule has 5 nitrogen and oxygen atoms in total. The van der Waals surface area contributed by atoms with Crippen molar-refractivity contribution in [3.05, 3.63) is 48.8 Å². The number of hydrogen-bond donors (Lipinski definition) is 1. The van der Waals surface area contributed by atoms with E-state index in [1.807, 2.05) is 24.3 Å². The summed E-state index contributed by atoms with van der Waals surface area (Å²) in [6.07, 6.45) is 8.31. The van der Waals surface area contributed by atoms with E-state index in [2.05, 4.69) is 11.6 Å². The van der Waals surface area contributed by atoms with Crippen molar-refractivity contribution in [3.63, 3.8) is 0 Å². The number of aromatic nitrogens is 1. The molecule has 1 aromatic heterocycles. The van der Waals surface area contributed by atoms with Crippen LogP contribution in [0.4, 0.5) is 4.79 Å². The third kappa shape index (κ3) is 3.68. The lowest BCUT2D eigenvalue weighted by molar-refractivity contribution is 0.107. The Morgan fingerprint density at radius 2 is 2.50 bits per heavy atom. The predicted molar refractivity (Wildman–Crippen MR) is 75.9 cm³/mol. The molecule has 1 N–H and O–H groups in total. The molecule has 1 amide bonds. The Hall–Kier alpha value is -2.14. The Morgan fingerprint density at radius 1 is 1.65 bits per heavy atom. The molecule has 1 aliphatic heterocycles. The van der Waals surface area contributed by atoms with Gasteiger partial charge in [-0.1, -0.05) is 30.9 Å². The second-order valence-electron chi connectivity index (χ2n) is 4.62. The van der Waals surface area contributed by atoms with Crippen molar-refractivity contribution in [2.45, 2.75) is 18.6 Å². The fraction of sp³-hybridized carbons (Fsp3) is 0.333. The van der Waals surface area contributed by atoms with E-state index in [0.717, 1.165) is 5.56 Å². The molecule has 0 aromatic carbocycles. The molecule has 2 atom stereocenters. The number of carbonyl (C=O) groups is 1. The maximum atomic E-state index is 11.9. The van der Waals surface area contributed by atoms with Crippen LogP contribution in [-0.4, -0.2) is 46.4 Å². The van der Waals surface area contributed by atoms with Gasteiger partial charge in [0, 0.05) is 12.4 Å². The Balaban J connectivity index is 2.03. The van der Waals surface area contributed by atoms with E-state index in [4.69, 9.17) is 4.74 Å². The number of aliphatic hydroxyl groups excluding tert-OH is 1. The fourth-order valence-corrected chi connectivity index (χ4v) is 2.15. The monoisotopic (exact) mass is 274 g/mol. The van der Waals surface area contributed by atoms with Crippen LogP contribution in [0, 0.1) is 0 Å². The molecule has 0 spiro atoms. The molecule has 106 valence electrons. The highest BCUT2D eigenvalue weighted by atomic mass is 16.6. The lowest BCUT2D eigenvalue weighted by Gasteiger charge is -2.20. The van der Waals surface area contributed by atoms with Crippen molar-refractivity contribution in [3.8, 4) is 0 Å². The Kier molecular flexibility index (Phi) is 4.90. The molecule has 1 saturated heterocycles. The van der Waals surface area contributed by atoms with Crippen LogP contribution in [0.3, 0.4) is 0 Å². The fourth-order valence-electron chi connectivity index (χ4n) is 2.15. The van der Waals surface area contributed by atoms with Gasteiger partial charge in [0.2, 0.25) is 0 Å². The maximum absolute atomic E-state index is 11.9. The van der Waals surface area contributed by atoms with E-state index in [1.54, 1.807) is 12.4 Å². The van der Waals surface area contributed by atoms with Crippen molar-refractivity contribution >= 4 is 12.2 Å². The minimum absolute atomic E-state index is 0.164. The summed E-state index contributed by atoms with van der Waals surface area (Å²) in [5.41, 5.74) is 0.952. The van der Waals surface area contributed by atoms with Crippen molar-refractivity contribution < 1.29 is 14.6 Å². The number of amides is 1. The van der Waals surface area contributed by atoms with Crippen molar-refractivity contribution in [2.75, 3.05) is 13.2 Å². The normalized spacial score (nSPS) is 22.1. The average Bonchev–Trinajstić information content (AvgIpc) is 2.85. The second-order valence-corrected chi connectivity index (χ2v) is 4.62. The van der Waals surface area contributed by atoms with E-state index < -0.39 is 12.2 Å². The molecule has 0 saturated carbocycles. The van der Waals surface area contributed by atoms with Crippen molar-refractivity contribution in [2.24, 2.45) is 0 Å². The van der Waals surface area contributed by atoms with Gasteiger partial charge in [-0.05, 0) is 18.1 Å². The molecule has 0 unspecified atom stereocenters. The van der Waals surface area contributed by atoms with Gasteiger partial charge in [-0.25, -0.2) is 4.79 Å². The molecular weight excluding hydrogens is 256 g/mol. The SMILES string of the molecule is C=CCOC(=O)N1C[C@H](O)C[C@H]1C=Cc1cccnc1. The van der Waals surface area contributed by atoms with Gasteiger partial charge in [-0.2, -0.15) is 0 Å². The van der Waals surface area contributed by atoms with Gasteiger partial charge in [0.15, 0.2) is 0 Å². The van der Waals surface area contributed by atoms with Crippen LogP contribution in [0.5, 0.6) is 0 Å². The molecule has 20 heavy (non-hydrogen) atoms. The largest absolute Gasteiger partial charge is 0.445 e. The first kappa shape index (κ1) is 14.3. The standard InChI is InChI=1S/C15H18N2O3/c1-2-8-20-15(19)17-11-14(18)9-13(17)6-5-12-4-3-7-16-10-12/h2-7,10,13-14,18H,1,8-9,11H2/t13-,14-/m1/s1. The molecule has 0 bridgehead atoms. The Labute approximate surface area is 118 Å². The highest BCUT2D eigenvalue weighted by molar-refractivity contribution is 5.69. The molecule has 1 aliphatic rings. The first-order valence-corrected chi connectivity index (χ1v) is 6.51. The second kappa shape index (κ2) is 6.86. The number of carbonyl (C=O) groups excluding carboxylic acids is 1. The van der Waals surface area contributed by atoms with E-state index >= 15 is 0 Å². The summed E-state index contributed by atoms with van der Waals surface area (Å²) in [5, 5.41) is 9.73. The van der Waals surface area contributed by atoms with Gasteiger partial charge in [0.25, 0.3) is 0 Å². The zero-order valence-corrected chi connectivity index (χ0v) is 11.2. The van der Waals surface area contributed by atoms with Crippen LogP contribution in [0.15, 0.2) is 43.3 Å². The van der Waals surface area contributed by atoms with Crippen LogP contribution in [0.2, 0.25) is 0 Å². The van der Waals surface area contributed by atoms with Gasteiger partial charge in [0.05, 0.1) is 18.7 Å². The number of hydrogen-bond acceptors (Lipinski definition) is 4. The number of pyridine rings is 1. The first-order chi connectivity index (χ1) is 9.70. The van der Waals surface area contributed by atoms with Crippen LogP contribution < -0.4 is 0 Å². The third-order valence-corrected chi connectivity index (χ3v) is 3.08. The van der Waals surface area contributed by atoms with Gasteiger partial charge < -0.3 is 9.84 Å². The summed E-state index contributed by atoms with van der Waals surface area (Å²) in [6, 6.07) is 3.61. The minimum atomic E-state index is -0.519. The first-order valence-electron chi connectivity index (χ1n) is 6.51. The molecule has 0 aliphatic carbocycles. The summed E-state index contributed by atoms with van der Waals surface area (Å²) in [5.74, 6) is 0. The van der Waals surface area contributed by atoms with Crippen molar-refractivity contribution in [1.82, 2.24) is 9.88 Å². The smallest absolute Gasteiger partial charge is 0.410 e. The van der Waals surface area contributed by atoms with Gasteiger partial charge in [-0.3, -0.25) is 9.88 Å². The van der Waals surface area contributed by atoms with Crippen LogP contribution in [0.1, 0.15) is 12.0 Å². The predicted octanol–water partition coefficient (Wildman–Crippen LogP) is 1.85. The van der Waals surface area contributed by atoms with Gasteiger partial charge in [0.1, 0.15) is 6.61 Å². The summed E-state index contributed by atoms with van der Waals surface area (Å²) in [4.78, 5) is 17.4. The zero-order valence-electron chi connectivity index (χ0n) is 11.2. The average molecular weight is 274 g/mol. The molecule has 0 radical (unpaired) electrons. The van der Waals surface area contributed by atoms with Crippen LogP contribution in [-0.2, 0) is 4.74 Å². The van der Waals surface area contributed by atoms with Gasteiger partial charge in [-0.15, -0.1) is 0 Å². The topological polar surface area (TPSA) is 62.7 Å². The van der Waals surface area contributed by atoms with Crippen LogP contribution in [0.25, 0.3) is 6.08 Å². The number of aliphatic hydroxyl groups is 1. The lowest BCUT2D eigenvalue weighted by atomic mass is 10.1. The highest BCUT2D eigenvalue weighted by Gasteiger charge is 2.33. The molecular formula is C15H18N2O3. The van der Waals surface area contributed by atoms with E-state index in [1.165, 1.54) is 11.0 Å². The number of ether oxygens (including phenoxy) is 1. The molecule has 5 heteroatoms. The van der Waals surface area contributed by atoms with E-state index in [0.29, 0.717) is 6.42 Å². The number of rotatable bonds is 4. The maximum Gasteiger partial charge on any atom is 0.410 e. The van der Waals surface area contributed by atoms with Crippen molar-refractivity contribution in [1.29, 1.82) is 0 Å². The quantitative estimate of drug-likeness (QED) is 0.851. The summed E-state index contributed by atoms with van der Waals surface area (Å²) < 4.78 is 5.02. The Bertz CT molecular complexity index is 487. The summed E-state index contributed by atoms with van der Waals surface area (Å²) in [7, 11) is 0. The highest BCUT2D eigenvalue weighted by Crippen LogP contribution is 2.21. The summed E-state index contributed by atoms with van der Waals surface area (Å²) >= 11 is 0.